The average molecular weight is 254 g/mol. The Hall–Kier alpha value is -0.780. The molecule has 17 heavy (non-hydrogen) atoms. The molecule has 0 aliphatic rings. The van der Waals surface area contributed by atoms with E-state index in [2.05, 4.69) is 24.5 Å². The quantitative estimate of drug-likeness (QED) is 0.730. The van der Waals surface area contributed by atoms with Gasteiger partial charge in [-0.05, 0) is 25.7 Å². The molecule has 1 amide bonds. The molecule has 0 aromatic rings. The van der Waals surface area contributed by atoms with Crippen molar-refractivity contribution in [2.45, 2.75) is 45.8 Å². The maximum absolute atomic E-state index is 11.8. The van der Waals surface area contributed by atoms with Gasteiger partial charge in [-0.15, -0.1) is 0 Å². The summed E-state index contributed by atoms with van der Waals surface area (Å²) in [4.78, 5) is 11.2. The number of nitrogens with one attached hydrogen (secondary N) is 2. The Morgan fingerprint density at radius 1 is 1.18 bits per heavy atom. The van der Waals surface area contributed by atoms with Crippen LogP contribution in [0.3, 0.4) is 0 Å². The van der Waals surface area contributed by atoms with Crippen LogP contribution in [-0.2, 0) is 4.79 Å². The summed E-state index contributed by atoms with van der Waals surface area (Å²) in [5, 5.41) is 4.71. The van der Waals surface area contributed by atoms with Gasteiger partial charge in [0.1, 0.15) is 0 Å². The SMILES string of the molecule is CC(C)CCC(C)NC(=O)CNCC(F)(F)F. The first-order chi connectivity index (χ1) is 7.70. The molecule has 0 radical (unpaired) electrons. The van der Waals surface area contributed by atoms with Crippen molar-refractivity contribution in [3.05, 3.63) is 0 Å². The lowest BCUT2D eigenvalue weighted by atomic mass is 10.0. The summed E-state index contributed by atoms with van der Waals surface area (Å²) in [7, 11) is 0. The van der Waals surface area contributed by atoms with E-state index in [1.54, 1.807) is 0 Å². The van der Waals surface area contributed by atoms with E-state index in [-0.39, 0.29) is 12.6 Å². The first kappa shape index (κ1) is 16.2. The van der Waals surface area contributed by atoms with Crippen LogP contribution in [0.1, 0.15) is 33.6 Å². The summed E-state index contributed by atoms with van der Waals surface area (Å²) >= 11 is 0. The van der Waals surface area contributed by atoms with Gasteiger partial charge in [-0.2, -0.15) is 13.2 Å². The third-order valence-corrected chi connectivity index (χ3v) is 2.20. The summed E-state index contributed by atoms with van der Waals surface area (Å²) in [6.45, 7) is 4.58. The summed E-state index contributed by atoms with van der Waals surface area (Å²) in [5.41, 5.74) is 0. The lowest BCUT2D eigenvalue weighted by molar-refractivity contribution is -0.128. The van der Waals surface area contributed by atoms with E-state index >= 15 is 0 Å². The average Bonchev–Trinajstić information content (AvgIpc) is 2.12. The Morgan fingerprint density at radius 2 is 1.76 bits per heavy atom. The van der Waals surface area contributed by atoms with Gasteiger partial charge in [-0.3, -0.25) is 4.79 Å². The molecule has 0 aliphatic heterocycles. The van der Waals surface area contributed by atoms with Gasteiger partial charge in [0.05, 0.1) is 13.1 Å². The fourth-order valence-corrected chi connectivity index (χ4v) is 1.30. The molecule has 0 fully saturated rings. The molecule has 3 nitrogen and oxygen atoms in total. The van der Waals surface area contributed by atoms with Crippen molar-refractivity contribution in [2.75, 3.05) is 13.1 Å². The molecular formula is C11H21F3N2O. The van der Waals surface area contributed by atoms with Crippen molar-refractivity contribution in [1.82, 2.24) is 10.6 Å². The van der Waals surface area contributed by atoms with Crippen molar-refractivity contribution in [1.29, 1.82) is 0 Å². The normalized spacial score (nSPS) is 13.8. The van der Waals surface area contributed by atoms with Crippen LogP contribution in [0.4, 0.5) is 13.2 Å². The Balaban J connectivity index is 3.64. The fraction of sp³-hybridized carbons (Fsp3) is 0.909. The second kappa shape index (κ2) is 7.53. The van der Waals surface area contributed by atoms with Crippen LogP contribution >= 0.6 is 0 Å². The molecule has 0 bridgehead atoms. The summed E-state index contributed by atoms with van der Waals surface area (Å²) in [6, 6.07) is -0.00223. The van der Waals surface area contributed by atoms with E-state index in [0.717, 1.165) is 12.8 Å². The molecule has 6 heteroatoms. The first-order valence-corrected chi connectivity index (χ1v) is 5.77. The Morgan fingerprint density at radius 3 is 2.24 bits per heavy atom. The smallest absolute Gasteiger partial charge is 0.353 e. The number of halogens is 3. The minimum absolute atomic E-state index is 0.00223. The number of hydrogen-bond donors (Lipinski definition) is 2. The predicted molar refractivity (Wildman–Crippen MR) is 60.6 cm³/mol. The molecule has 0 saturated heterocycles. The Kier molecular flexibility index (Phi) is 7.18. The molecule has 0 heterocycles. The summed E-state index contributed by atoms with van der Waals surface area (Å²) in [5.74, 6) is 0.156. The van der Waals surface area contributed by atoms with Crippen LogP contribution in [0, 0.1) is 5.92 Å². The van der Waals surface area contributed by atoms with Crippen LogP contribution in [0.15, 0.2) is 0 Å². The van der Waals surface area contributed by atoms with Crippen molar-refractivity contribution >= 4 is 5.91 Å². The van der Waals surface area contributed by atoms with Crippen LogP contribution < -0.4 is 10.6 Å². The highest BCUT2D eigenvalue weighted by Gasteiger charge is 2.26. The number of carbonyl (C=O) groups excluding carboxylic acids is 1. The van der Waals surface area contributed by atoms with E-state index in [4.69, 9.17) is 0 Å². The fourth-order valence-electron chi connectivity index (χ4n) is 1.30. The van der Waals surface area contributed by atoms with E-state index in [0.29, 0.717) is 5.92 Å². The number of carbonyl (C=O) groups is 1. The molecule has 0 spiro atoms. The molecular weight excluding hydrogens is 233 g/mol. The minimum Gasteiger partial charge on any atom is -0.353 e. The minimum atomic E-state index is -4.27. The summed E-state index contributed by atoms with van der Waals surface area (Å²) in [6.07, 6.45) is -2.45. The van der Waals surface area contributed by atoms with Gasteiger partial charge in [-0.25, -0.2) is 0 Å². The van der Waals surface area contributed by atoms with E-state index in [9.17, 15) is 18.0 Å². The second-order valence-corrected chi connectivity index (χ2v) is 4.66. The monoisotopic (exact) mass is 254 g/mol. The molecule has 1 atom stereocenters. The van der Waals surface area contributed by atoms with Crippen LogP contribution in [0.5, 0.6) is 0 Å². The van der Waals surface area contributed by atoms with Crippen molar-refractivity contribution in [2.24, 2.45) is 5.92 Å². The maximum atomic E-state index is 11.8. The highest BCUT2D eigenvalue weighted by molar-refractivity contribution is 5.78. The highest BCUT2D eigenvalue weighted by atomic mass is 19.4. The highest BCUT2D eigenvalue weighted by Crippen LogP contribution is 2.11. The van der Waals surface area contributed by atoms with Crippen LogP contribution in [-0.4, -0.2) is 31.2 Å². The molecule has 1 unspecified atom stereocenters. The topological polar surface area (TPSA) is 41.1 Å². The molecule has 2 N–H and O–H groups in total. The predicted octanol–water partition coefficient (Wildman–Crippen LogP) is 2.08. The molecule has 0 aliphatic carbocycles. The van der Waals surface area contributed by atoms with E-state index in [1.165, 1.54) is 0 Å². The molecule has 0 aromatic heterocycles. The zero-order valence-electron chi connectivity index (χ0n) is 10.5. The lowest BCUT2D eigenvalue weighted by Gasteiger charge is -2.15. The third kappa shape index (κ3) is 11.5. The zero-order chi connectivity index (χ0) is 13.5. The van der Waals surface area contributed by atoms with Gasteiger partial charge in [0.2, 0.25) is 5.91 Å². The third-order valence-electron chi connectivity index (χ3n) is 2.20. The van der Waals surface area contributed by atoms with Crippen LogP contribution in [0.2, 0.25) is 0 Å². The van der Waals surface area contributed by atoms with Gasteiger partial charge >= 0.3 is 6.18 Å². The van der Waals surface area contributed by atoms with Crippen molar-refractivity contribution in [3.63, 3.8) is 0 Å². The second-order valence-electron chi connectivity index (χ2n) is 4.66. The lowest BCUT2D eigenvalue weighted by Crippen LogP contribution is -2.41. The zero-order valence-corrected chi connectivity index (χ0v) is 10.5. The van der Waals surface area contributed by atoms with E-state index < -0.39 is 18.6 Å². The molecule has 102 valence electrons. The van der Waals surface area contributed by atoms with Gasteiger partial charge < -0.3 is 10.6 Å². The standard InChI is InChI=1S/C11H21F3N2O/c1-8(2)4-5-9(3)16-10(17)6-15-7-11(12,13)14/h8-9,15H,4-7H2,1-3H3,(H,16,17). The summed E-state index contributed by atoms with van der Waals surface area (Å²) < 4.78 is 35.4. The van der Waals surface area contributed by atoms with Crippen LogP contribution in [0.25, 0.3) is 0 Å². The van der Waals surface area contributed by atoms with Gasteiger partial charge in [0.25, 0.3) is 0 Å². The van der Waals surface area contributed by atoms with Gasteiger partial charge in [0, 0.05) is 6.04 Å². The molecule has 0 rings (SSSR count). The number of hydrogen-bond acceptors (Lipinski definition) is 2. The largest absolute Gasteiger partial charge is 0.401 e. The van der Waals surface area contributed by atoms with E-state index in [1.807, 2.05) is 6.92 Å². The van der Waals surface area contributed by atoms with Gasteiger partial charge in [0.15, 0.2) is 0 Å². The van der Waals surface area contributed by atoms with Gasteiger partial charge in [-0.1, -0.05) is 13.8 Å². The Labute approximate surface area is 100 Å². The maximum Gasteiger partial charge on any atom is 0.401 e. The number of rotatable bonds is 7. The Bertz CT molecular complexity index is 229. The first-order valence-electron chi connectivity index (χ1n) is 5.77. The molecule has 0 saturated carbocycles. The number of amides is 1. The molecule has 0 aromatic carbocycles. The number of alkyl halides is 3. The van der Waals surface area contributed by atoms with Crippen molar-refractivity contribution < 1.29 is 18.0 Å². The van der Waals surface area contributed by atoms with Crippen molar-refractivity contribution in [3.8, 4) is 0 Å².